The molecular weight excluding hydrogens is 322 g/mol. The van der Waals surface area contributed by atoms with Crippen LogP contribution in [0.1, 0.15) is 36.8 Å². The van der Waals surface area contributed by atoms with Crippen LogP contribution in [0.5, 0.6) is 0 Å². The highest BCUT2D eigenvalue weighted by atomic mass is 32.2. The lowest BCUT2D eigenvalue weighted by Gasteiger charge is -2.27. The van der Waals surface area contributed by atoms with Gasteiger partial charge in [0.25, 0.3) is 5.91 Å². The Balaban J connectivity index is 1.57. The van der Waals surface area contributed by atoms with Crippen LogP contribution in [0.4, 0.5) is 5.69 Å². The zero-order valence-corrected chi connectivity index (χ0v) is 15.0. The summed E-state index contributed by atoms with van der Waals surface area (Å²) in [5.74, 6) is -0.318. The number of piperidine rings is 1. The minimum absolute atomic E-state index is 0.135. The number of nitrogens with one attached hydrogen (secondary N) is 1. The third-order valence-corrected chi connectivity index (χ3v) is 5.61. The van der Waals surface area contributed by atoms with Crippen molar-refractivity contribution in [1.82, 2.24) is 4.90 Å². The first-order valence-electron chi connectivity index (χ1n) is 8.44. The fraction of sp³-hybridized carbons (Fsp3) is 0.500. The molecule has 1 fully saturated rings. The molecule has 2 amide bonds. The van der Waals surface area contributed by atoms with E-state index in [4.69, 9.17) is 0 Å². The standard InChI is InChI=1S/C18H23N3O2S/c1-12-6-7-13(2)14(10-12)19-16(22)11-15-17(23)20-18(24-15)21-8-4-3-5-9-21/h6-7,10,15H,3-5,8-9,11H2,1-2H3,(H,19,22)/t15-/m0/s1. The molecule has 24 heavy (non-hydrogen) atoms. The first-order chi connectivity index (χ1) is 11.5. The second-order valence-electron chi connectivity index (χ2n) is 6.46. The van der Waals surface area contributed by atoms with Crippen LogP contribution < -0.4 is 5.32 Å². The van der Waals surface area contributed by atoms with Gasteiger partial charge in [0.05, 0.1) is 0 Å². The molecule has 6 heteroatoms. The summed E-state index contributed by atoms with van der Waals surface area (Å²) in [5, 5.41) is 3.32. The molecule has 1 aromatic rings. The van der Waals surface area contributed by atoms with Gasteiger partial charge in [0.2, 0.25) is 5.91 Å². The smallest absolute Gasteiger partial charge is 0.262 e. The van der Waals surface area contributed by atoms with E-state index >= 15 is 0 Å². The monoisotopic (exact) mass is 345 g/mol. The highest BCUT2D eigenvalue weighted by Crippen LogP contribution is 2.29. The van der Waals surface area contributed by atoms with E-state index in [2.05, 4.69) is 15.2 Å². The Hall–Kier alpha value is -1.82. The molecule has 0 aliphatic carbocycles. The number of hydrogen-bond donors (Lipinski definition) is 1. The van der Waals surface area contributed by atoms with E-state index < -0.39 is 5.25 Å². The van der Waals surface area contributed by atoms with Gasteiger partial charge in [0.15, 0.2) is 5.17 Å². The van der Waals surface area contributed by atoms with Crippen LogP contribution in [0.3, 0.4) is 0 Å². The Bertz CT molecular complexity index is 681. The number of carbonyl (C=O) groups is 2. The fourth-order valence-corrected chi connectivity index (χ4v) is 4.09. The zero-order valence-electron chi connectivity index (χ0n) is 14.2. The Labute approximate surface area is 146 Å². The molecule has 1 aromatic carbocycles. The summed E-state index contributed by atoms with van der Waals surface area (Å²) in [6, 6.07) is 5.95. The summed E-state index contributed by atoms with van der Waals surface area (Å²) in [4.78, 5) is 30.8. The van der Waals surface area contributed by atoms with Gasteiger partial charge in [-0.3, -0.25) is 9.59 Å². The largest absolute Gasteiger partial charge is 0.351 e. The Morgan fingerprint density at radius 2 is 2.04 bits per heavy atom. The normalized spacial score (nSPS) is 20.9. The van der Waals surface area contributed by atoms with Crippen molar-refractivity contribution in [3.63, 3.8) is 0 Å². The number of thioether (sulfide) groups is 1. The quantitative estimate of drug-likeness (QED) is 0.914. The molecule has 3 rings (SSSR count). The average molecular weight is 345 g/mol. The maximum atomic E-state index is 12.3. The van der Waals surface area contributed by atoms with Crippen molar-refractivity contribution in [2.75, 3.05) is 18.4 Å². The number of carbonyl (C=O) groups excluding carboxylic acids is 2. The number of aryl methyl sites for hydroxylation is 2. The van der Waals surface area contributed by atoms with Crippen molar-refractivity contribution < 1.29 is 9.59 Å². The molecule has 0 radical (unpaired) electrons. The second-order valence-corrected chi connectivity index (χ2v) is 7.63. The first-order valence-corrected chi connectivity index (χ1v) is 9.32. The molecule has 1 atom stereocenters. The van der Waals surface area contributed by atoms with Crippen LogP contribution in [-0.2, 0) is 9.59 Å². The van der Waals surface area contributed by atoms with Crippen LogP contribution in [0.15, 0.2) is 23.2 Å². The molecule has 1 N–H and O–H groups in total. The summed E-state index contributed by atoms with van der Waals surface area (Å²) in [6.07, 6.45) is 3.69. The van der Waals surface area contributed by atoms with Crippen molar-refractivity contribution in [2.24, 2.45) is 4.99 Å². The molecule has 0 unspecified atom stereocenters. The van der Waals surface area contributed by atoms with E-state index in [1.807, 2.05) is 32.0 Å². The molecule has 2 aliphatic rings. The van der Waals surface area contributed by atoms with Gasteiger partial charge in [-0.05, 0) is 50.3 Å². The summed E-state index contributed by atoms with van der Waals surface area (Å²) in [7, 11) is 0. The van der Waals surface area contributed by atoms with Crippen molar-refractivity contribution in [3.8, 4) is 0 Å². The van der Waals surface area contributed by atoms with Gasteiger partial charge in [0, 0.05) is 25.2 Å². The maximum absolute atomic E-state index is 12.3. The second kappa shape index (κ2) is 7.38. The lowest BCUT2D eigenvalue weighted by molar-refractivity contribution is -0.121. The van der Waals surface area contributed by atoms with Crippen molar-refractivity contribution in [3.05, 3.63) is 29.3 Å². The zero-order chi connectivity index (χ0) is 17.1. The van der Waals surface area contributed by atoms with Crippen LogP contribution >= 0.6 is 11.8 Å². The van der Waals surface area contributed by atoms with E-state index in [9.17, 15) is 9.59 Å². The minimum atomic E-state index is -0.396. The molecule has 1 saturated heterocycles. The Kier molecular flexibility index (Phi) is 5.23. The predicted molar refractivity (Wildman–Crippen MR) is 98.4 cm³/mol. The van der Waals surface area contributed by atoms with E-state index in [0.29, 0.717) is 0 Å². The molecule has 0 saturated carbocycles. The number of rotatable bonds is 3. The van der Waals surface area contributed by atoms with Gasteiger partial charge < -0.3 is 10.2 Å². The number of benzene rings is 1. The number of amidine groups is 1. The van der Waals surface area contributed by atoms with Crippen molar-refractivity contribution in [2.45, 2.75) is 44.8 Å². The Morgan fingerprint density at radius 3 is 2.79 bits per heavy atom. The molecule has 0 spiro atoms. The number of amides is 2. The summed E-state index contributed by atoms with van der Waals surface area (Å²) >= 11 is 1.44. The van der Waals surface area contributed by atoms with Crippen LogP contribution in [0.2, 0.25) is 0 Å². The molecule has 5 nitrogen and oxygen atoms in total. The van der Waals surface area contributed by atoms with Gasteiger partial charge in [-0.15, -0.1) is 0 Å². The lowest BCUT2D eigenvalue weighted by atomic mass is 10.1. The maximum Gasteiger partial charge on any atom is 0.262 e. The lowest BCUT2D eigenvalue weighted by Crippen LogP contribution is -2.33. The molecule has 0 bridgehead atoms. The third kappa shape index (κ3) is 3.98. The molecule has 2 aliphatic heterocycles. The van der Waals surface area contributed by atoms with Gasteiger partial charge in [-0.1, -0.05) is 23.9 Å². The highest BCUT2D eigenvalue weighted by Gasteiger charge is 2.33. The third-order valence-electron chi connectivity index (χ3n) is 4.39. The Morgan fingerprint density at radius 1 is 1.29 bits per heavy atom. The molecule has 2 heterocycles. The van der Waals surface area contributed by atoms with E-state index in [1.165, 1.54) is 18.2 Å². The first kappa shape index (κ1) is 17.0. The topological polar surface area (TPSA) is 61.8 Å². The molecular formula is C18H23N3O2S. The van der Waals surface area contributed by atoms with E-state index in [0.717, 1.165) is 47.9 Å². The highest BCUT2D eigenvalue weighted by molar-refractivity contribution is 8.15. The molecule has 128 valence electrons. The summed E-state index contributed by atoms with van der Waals surface area (Å²) in [5.41, 5.74) is 2.93. The number of anilines is 1. The van der Waals surface area contributed by atoms with Crippen LogP contribution in [0, 0.1) is 13.8 Å². The number of likely N-dealkylation sites (tertiary alicyclic amines) is 1. The summed E-state index contributed by atoms with van der Waals surface area (Å²) < 4.78 is 0. The SMILES string of the molecule is Cc1ccc(C)c(NC(=O)C[C@@H]2SC(N3CCCCC3)=NC2=O)c1. The van der Waals surface area contributed by atoms with Crippen LogP contribution in [0.25, 0.3) is 0 Å². The van der Waals surface area contributed by atoms with E-state index in [-0.39, 0.29) is 18.2 Å². The fourth-order valence-electron chi connectivity index (χ4n) is 2.97. The van der Waals surface area contributed by atoms with Gasteiger partial charge >= 0.3 is 0 Å². The van der Waals surface area contributed by atoms with Gasteiger partial charge in [0.1, 0.15) is 5.25 Å². The van der Waals surface area contributed by atoms with Crippen molar-refractivity contribution >= 4 is 34.4 Å². The van der Waals surface area contributed by atoms with Crippen LogP contribution in [-0.4, -0.2) is 40.2 Å². The van der Waals surface area contributed by atoms with E-state index in [1.54, 1.807) is 0 Å². The number of aliphatic imine (C=N–C) groups is 1. The predicted octanol–water partition coefficient (Wildman–Crippen LogP) is 3.12. The van der Waals surface area contributed by atoms with Gasteiger partial charge in [-0.2, -0.15) is 4.99 Å². The number of nitrogens with zero attached hydrogens (tertiary/aromatic N) is 2. The average Bonchev–Trinajstić information content (AvgIpc) is 2.92. The van der Waals surface area contributed by atoms with Gasteiger partial charge in [-0.25, -0.2) is 0 Å². The minimum Gasteiger partial charge on any atom is -0.351 e. The number of hydrogen-bond acceptors (Lipinski definition) is 4. The molecule has 0 aromatic heterocycles. The van der Waals surface area contributed by atoms with Crippen molar-refractivity contribution in [1.29, 1.82) is 0 Å². The summed E-state index contributed by atoms with van der Waals surface area (Å²) in [6.45, 7) is 5.87.